The van der Waals surface area contributed by atoms with Crippen molar-refractivity contribution in [3.8, 4) is 11.8 Å². The number of hydrogen-bond acceptors (Lipinski definition) is 1. The maximum absolute atomic E-state index is 11.2. The lowest BCUT2D eigenvalue weighted by atomic mass is 9.49. The van der Waals surface area contributed by atoms with Crippen LogP contribution in [0.15, 0.2) is 0 Å². The highest BCUT2D eigenvalue weighted by molar-refractivity contribution is 5.25. The first-order chi connectivity index (χ1) is 10.6. The maximum Gasteiger partial charge on any atom is 0.131 e. The quantitative estimate of drug-likeness (QED) is 0.638. The number of hydrogen-bond donors (Lipinski definition) is 1. The first kappa shape index (κ1) is 15.1. The fourth-order valence-corrected chi connectivity index (χ4v) is 7.26. The van der Waals surface area contributed by atoms with Crippen molar-refractivity contribution < 1.29 is 5.11 Å². The molecule has 1 nitrogen and oxygen atoms in total. The highest BCUT2D eigenvalue weighted by Crippen LogP contribution is 2.65. The van der Waals surface area contributed by atoms with Gasteiger partial charge in [-0.25, -0.2) is 0 Å². The van der Waals surface area contributed by atoms with Gasteiger partial charge in [-0.2, -0.15) is 0 Å². The van der Waals surface area contributed by atoms with Crippen molar-refractivity contribution in [1.82, 2.24) is 0 Å². The molecular weight excluding hydrogens is 268 g/mol. The predicted molar refractivity (Wildman–Crippen MR) is 90.1 cm³/mol. The van der Waals surface area contributed by atoms with Gasteiger partial charge in [-0.15, -0.1) is 5.92 Å². The van der Waals surface area contributed by atoms with Crippen LogP contribution in [0.5, 0.6) is 0 Å². The van der Waals surface area contributed by atoms with E-state index >= 15 is 0 Å². The molecule has 4 fully saturated rings. The van der Waals surface area contributed by atoms with Gasteiger partial charge >= 0.3 is 0 Å². The molecule has 4 unspecified atom stereocenters. The monoisotopic (exact) mass is 300 g/mol. The van der Waals surface area contributed by atoms with E-state index in [0.29, 0.717) is 0 Å². The van der Waals surface area contributed by atoms with Crippen molar-refractivity contribution in [3.63, 3.8) is 0 Å². The minimum Gasteiger partial charge on any atom is -0.377 e. The van der Waals surface area contributed by atoms with Gasteiger partial charge in [0.25, 0.3) is 0 Å². The van der Waals surface area contributed by atoms with E-state index < -0.39 is 5.60 Å². The van der Waals surface area contributed by atoms with Crippen LogP contribution in [0.2, 0.25) is 0 Å². The van der Waals surface area contributed by atoms with Crippen LogP contribution in [-0.4, -0.2) is 10.7 Å². The van der Waals surface area contributed by atoms with E-state index in [9.17, 15) is 5.11 Å². The van der Waals surface area contributed by atoms with Crippen molar-refractivity contribution >= 4 is 0 Å². The van der Waals surface area contributed by atoms with Gasteiger partial charge < -0.3 is 5.11 Å². The van der Waals surface area contributed by atoms with Gasteiger partial charge in [-0.1, -0.05) is 32.1 Å². The Morgan fingerprint density at radius 1 is 0.864 bits per heavy atom. The van der Waals surface area contributed by atoms with Crippen molar-refractivity contribution in [1.29, 1.82) is 0 Å². The van der Waals surface area contributed by atoms with E-state index in [-0.39, 0.29) is 5.41 Å². The summed E-state index contributed by atoms with van der Waals surface area (Å²) < 4.78 is 0. The van der Waals surface area contributed by atoms with E-state index in [4.69, 9.17) is 0 Å². The van der Waals surface area contributed by atoms with Gasteiger partial charge in [-0.05, 0) is 81.5 Å². The zero-order chi connectivity index (χ0) is 15.4. The molecule has 1 N–H and O–H groups in total. The second kappa shape index (κ2) is 5.27. The van der Waals surface area contributed by atoms with Crippen LogP contribution in [0, 0.1) is 46.8 Å². The first-order valence-electron chi connectivity index (χ1n) is 9.75. The summed E-state index contributed by atoms with van der Waals surface area (Å²) in [7, 11) is 0. The molecule has 0 spiro atoms. The van der Waals surface area contributed by atoms with E-state index in [0.717, 1.165) is 36.0 Å². The van der Waals surface area contributed by atoms with Crippen LogP contribution < -0.4 is 0 Å². The minimum absolute atomic E-state index is 0.0542. The molecule has 22 heavy (non-hydrogen) atoms. The Bertz CT molecular complexity index is 500. The highest BCUT2D eigenvalue weighted by atomic mass is 16.3. The topological polar surface area (TPSA) is 20.2 Å². The minimum atomic E-state index is -0.708. The Balaban J connectivity index is 1.62. The van der Waals surface area contributed by atoms with Gasteiger partial charge in [0.2, 0.25) is 0 Å². The second-order valence-electron chi connectivity index (χ2n) is 8.95. The lowest BCUT2D eigenvalue weighted by Crippen LogP contribution is -2.53. The Hall–Kier alpha value is -0.480. The molecule has 4 aliphatic carbocycles. The molecule has 7 atom stereocenters. The third kappa shape index (κ3) is 1.96. The van der Waals surface area contributed by atoms with E-state index in [1.54, 1.807) is 0 Å². The number of fused-ring (bicyclic) bond motifs is 5. The molecule has 122 valence electrons. The van der Waals surface area contributed by atoms with E-state index in [1.165, 1.54) is 57.8 Å². The molecule has 0 bridgehead atoms. The maximum atomic E-state index is 11.2. The van der Waals surface area contributed by atoms with Crippen molar-refractivity contribution in [2.45, 2.75) is 83.7 Å². The van der Waals surface area contributed by atoms with Gasteiger partial charge in [-0.3, -0.25) is 0 Å². The van der Waals surface area contributed by atoms with Crippen LogP contribution >= 0.6 is 0 Å². The molecule has 1 heteroatoms. The third-order valence-electron chi connectivity index (χ3n) is 8.36. The van der Waals surface area contributed by atoms with Crippen LogP contribution in [0.25, 0.3) is 0 Å². The van der Waals surface area contributed by atoms with Crippen LogP contribution in [0.4, 0.5) is 0 Å². The van der Waals surface area contributed by atoms with Gasteiger partial charge in [0.05, 0.1) is 0 Å². The SMILES string of the molecule is CC#C[C@]1(O)CCC2C3CCC4CCCC[C@@H]4C3CC[C@@]21C. The zero-order valence-corrected chi connectivity index (χ0v) is 14.4. The highest BCUT2D eigenvalue weighted by Gasteiger charge is 2.62. The van der Waals surface area contributed by atoms with Crippen LogP contribution in [0.1, 0.15) is 78.1 Å². The van der Waals surface area contributed by atoms with Gasteiger partial charge in [0.15, 0.2) is 0 Å². The second-order valence-corrected chi connectivity index (χ2v) is 8.95. The van der Waals surface area contributed by atoms with Crippen LogP contribution in [0.3, 0.4) is 0 Å². The number of rotatable bonds is 0. The Morgan fingerprint density at radius 3 is 2.50 bits per heavy atom. The summed E-state index contributed by atoms with van der Waals surface area (Å²) in [5.74, 6) is 10.9. The molecule has 0 heterocycles. The lowest BCUT2D eigenvalue weighted by Gasteiger charge is -2.56. The molecule has 0 radical (unpaired) electrons. The first-order valence-corrected chi connectivity index (χ1v) is 9.75. The summed E-state index contributed by atoms with van der Waals surface area (Å²) in [6, 6.07) is 0. The summed E-state index contributed by atoms with van der Waals surface area (Å²) in [4.78, 5) is 0. The summed E-state index contributed by atoms with van der Waals surface area (Å²) in [6.45, 7) is 4.24. The molecule has 0 amide bonds. The average molecular weight is 300 g/mol. The van der Waals surface area contributed by atoms with Crippen LogP contribution in [-0.2, 0) is 0 Å². The normalized spacial score (nSPS) is 53.7. The smallest absolute Gasteiger partial charge is 0.131 e. The molecule has 0 aromatic heterocycles. The predicted octanol–water partition coefficient (Wildman–Crippen LogP) is 4.78. The summed E-state index contributed by atoms with van der Waals surface area (Å²) in [5.41, 5.74) is -0.653. The van der Waals surface area contributed by atoms with Crippen molar-refractivity contribution in [2.24, 2.45) is 35.0 Å². The Kier molecular flexibility index (Phi) is 3.61. The third-order valence-corrected chi connectivity index (χ3v) is 8.36. The van der Waals surface area contributed by atoms with Crippen molar-refractivity contribution in [2.75, 3.05) is 0 Å². The van der Waals surface area contributed by atoms with Crippen molar-refractivity contribution in [3.05, 3.63) is 0 Å². The molecule has 4 saturated carbocycles. The average Bonchev–Trinajstić information content (AvgIpc) is 2.79. The zero-order valence-electron chi connectivity index (χ0n) is 14.4. The van der Waals surface area contributed by atoms with E-state index in [2.05, 4.69) is 18.8 Å². The van der Waals surface area contributed by atoms with Gasteiger partial charge in [0.1, 0.15) is 5.60 Å². The molecule has 0 aromatic rings. The van der Waals surface area contributed by atoms with Gasteiger partial charge in [0, 0.05) is 5.41 Å². The molecule has 4 rings (SSSR count). The summed E-state index contributed by atoms with van der Waals surface area (Å²) in [6.07, 6.45) is 13.5. The molecule has 4 aliphatic rings. The largest absolute Gasteiger partial charge is 0.377 e. The lowest BCUT2D eigenvalue weighted by molar-refractivity contribution is -0.104. The molecule has 0 aromatic carbocycles. The number of aliphatic hydroxyl groups is 1. The standard InChI is InChI=1S/C21H32O/c1-3-12-21(22)14-11-19-18-9-8-15-6-4-5-7-16(15)17(18)10-13-20(19,21)2/h15-19,22H,4-11,13-14H2,1-2H3/t15?,16-,17?,18?,19?,20-,21-/m0/s1. The molecule has 0 aliphatic heterocycles. The molecule has 0 saturated heterocycles. The fraction of sp³-hybridized carbons (Fsp3) is 0.905. The Labute approximate surface area is 136 Å². The van der Waals surface area contributed by atoms with E-state index in [1.807, 2.05) is 6.92 Å². The molecular formula is C21H32O. The Morgan fingerprint density at radius 2 is 1.68 bits per heavy atom. The fourth-order valence-electron chi connectivity index (χ4n) is 7.26. The summed E-state index contributed by atoms with van der Waals surface area (Å²) in [5, 5.41) is 11.2. The summed E-state index contributed by atoms with van der Waals surface area (Å²) >= 11 is 0.